The molecule has 456 valence electrons. The van der Waals surface area contributed by atoms with Crippen LogP contribution in [0.5, 0.6) is 0 Å². The molecule has 9 N–H and O–H groups in total. The highest BCUT2D eigenvalue weighted by Crippen LogP contribution is 2.37. The topological polar surface area (TPSA) is 307 Å². The Balaban J connectivity index is 0.824. The number of carbonyl (C=O) groups excluding carboxylic acids is 8. The maximum Gasteiger partial charge on any atom is 0.247 e. The molecule has 2 aromatic rings. The minimum atomic E-state index is -1.05. The smallest absolute Gasteiger partial charge is 0.247 e. The summed E-state index contributed by atoms with van der Waals surface area (Å²) < 4.78 is 12.1. The zero-order chi connectivity index (χ0) is 59.4. The number of aliphatic hydroxyl groups excluding tert-OH is 1. The summed E-state index contributed by atoms with van der Waals surface area (Å²) >= 11 is 0. The van der Waals surface area contributed by atoms with Gasteiger partial charge in [-0.05, 0) is 127 Å². The summed E-state index contributed by atoms with van der Waals surface area (Å²) in [6.07, 6.45) is 8.77. The average Bonchev–Trinajstić information content (AvgIpc) is 4.13. The minimum Gasteiger partial charge on any atom is -0.396 e. The van der Waals surface area contributed by atoms with Crippen molar-refractivity contribution in [2.45, 2.75) is 164 Å². The molecule has 4 saturated heterocycles. The molecule has 83 heavy (non-hydrogen) atoms. The molecule has 23 heteroatoms. The van der Waals surface area contributed by atoms with Crippen LogP contribution in [-0.2, 0) is 47.8 Å². The molecular formula is C60H89N11O12. The molecule has 12 atom stereocenters. The lowest BCUT2D eigenvalue weighted by Gasteiger charge is -2.33. The molecule has 1 aliphatic carbocycles. The molecule has 0 radical (unpaired) electrons. The maximum absolute atomic E-state index is 14.3. The number of fused-ring (bicyclic) bond motifs is 2. The summed E-state index contributed by atoms with van der Waals surface area (Å²) in [5.74, 6) is -3.70. The first-order chi connectivity index (χ1) is 40.2. The Kier molecular flexibility index (Phi) is 24.8. The molecule has 4 heterocycles. The number of aliphatic hydroxyl groups is 1. The zero-order valence-corrected chi connectivity index (χ0v) is 48.7. The van der Waals surface area contributed by atoms with Crippen LogP contribution >= 0.6 is 0 Å². The van der Waals surface area contributed by atoms with E-state index in [-0.39, 0.29) is 63.4 Å². The fraction of sp³-hybridized carbons (Fsp3) is 0.667. The monoisotopic (exact) mass is 1160 g/mol. The van der Waals surface area contributed by atoms with E-state index in [1.54, 1.807) is 72.4 Å². The van der Waals surface area contributed by atoms with Gasteiger partial charge in [-0.25, -0.2) is 0 Å². The summed E-state index contributed by atoms with van der Waals surface area (Å²) in [5, 5.41) is 36.7. The van der Waals surface area contributed by atoms with Crippen LogP contribution in [0.25, 0.3) is 0 Å². The van der Waals surface area contributed by atoms with Crippen LogP contribution in [0.2, 0.25) is 0 Å². The summed E-state index contributed by atoms with van der Waals surface area (Å²) in [6, 6.07) is 10.4. The second kappa shape index (κ2) is 32.0. The molecule has 5 aliphatic rings. The van der Waals surface area contributed by atoms with Gasteiger partial charge in [0.15, 0.2) is 0 Å². The predicted molar refractivity (Wildman–Crippen MR) is 308 cm³/mol. The first kappa shape index (κ1) is 64.2. The molecule has 2 aromatic carbocycles. The number of amides is 8. The van der Waals surface area contributed by atoms with Crippen molar-refractivity contribution in [3.63, 3.8) is 0 Å². The predicted octanol–water partition coefficient (Wildman–Crippen LogP) is 2.04. The third-order valence-electron chi connectivity index (χ3n) is 17.7. The molecule has 7 rings (SSSR count). The highest BCUT2D eigenvalue weighted by Gasteiger charge is 2.50. The van der Waals surface area contributed by atoms with E-state index < -0.39 is 95.6 Å². The first-order valence-corrected chi connectivity index (χ1v) is 30.2. The highest BCUT2D eigenvalue weighted by atomic mass is 16.5. The second-order valence-electron chi connectivity index (χ2n) is 22.9. The van der Waals surface area contributed by atoms with Crippen molar-refractivity contribution < 1.29 is 52.9 Å². The van der Waals surface area contributed by atoms with E-state index in [0.29, 0.717) is 100 Å². The van der Waals surface area contributed by atoms with Crippen LogP contribution in [0.15, 0.2) is 65.8 Å². The fourth-order valence-corrected chi connectivity index (χ4v) is 12.9. The van der Waals surface area contributed by atoms with Gasteiger partial charge in [0.2, 0.25) is 47.3 Å². The Morgan fingerprint density at radius 1 is 0.566 bits per heavy atom. The molecule has 12 unspecified atom stereocenters. The number of benzene rings is 2. The van der Waals surface area contributed by atoms with Crippen molar-refractivity contribution in [2.24, 2.45) is 28.8 Å². The lowest BCUT2D eigenvalue weighted by Crippen LogP contribution is -2.59. The van der Waals surface area contributed by atoms with E-state index in [2.05, 4.69) is 47.7 Å². The van der Waals surface area contributed by atoms with Gasteiger partial charge in [0.1, 0.15) is 36.3 Å². The van der Waals surface area contributed by atoms with Crippen LogP contribution < -0.4 is 42.5 Å². The second-order valence-corrected chi connectivity index (χ2v) is 22.9. The fourth-order valence-electron chi connectivity index (χ4n) is 12.9. The normalized spacial score (nSPS) is 26.6. The van der Waals surface area contributed by atoms with Crippen LogP contribution in [0.1, 0.15) is 127 Å². The molecule has 0 spiro atoms. The van der Waals surface area contributed by atoms with E-state index in [9.17, 15) is 48.4 Å². The SMILES string of the molecule is CCC(NC)C(=O)NC1C(=O)N2C(CCC1CO)CCC2C(=O)NC(C(=O)NCCOCC1CCC(COCCNC(=O)C(NC(=O)C2CCC3CCC(CN=O)C(NC(=O)C(CC)NC)C(=O)N32)c2ccccc2)CC1)c1ccccc1. The van der Waals surface area contributed by atoms with Crippen molar-refractivity contribution in [1.29, 1.82) is 0 Å². The van der Waals surface area contributed by atoms with Gasteiger partial charge in [-0.1, -0.05) is 79.7 Å². The lowest BCUT2D eigenvalue weighted by atomic mass is 9.83. The molecule has 0 aromatic heterocycles. The zero-order valence-electron chi connectivity index (χ0n) is 48.7. The Labute approximate surface area is 487 Å². The number of ether oxygens (including phenoxy) is 2. The van der Waals surface area contributed by atoms with E-state index in [1.165, 1.54) is 0 Å². The van der Waals surface area contributed by atoms with Gasteiger partial charge in [-0.15, -0.1) is 0 Å². The molecular weight excluding hydrogens is 1070 g/mol. The number of rotatable bonds is 29. The molecule has 23 nitrogen and oxygen atoms in total. The first-order valence-electron chi connectivity index (χ1n) is 30.2. The van der Waals surface area contributed by atoms with Crippen molar-refractivity contribution in [3.8, 4) is 0 Å². The number of hydrogen-bond acceptors (Lipinski definition) is 15. The van der Waals surface area contributed by atoms with Gasteiger partial charge in [-0.3, -0.25) is 38.4 Å². The van der Waals surface area contributed by atoms with Crippen LogP contribution in [0.3, 0.4) is 0 Å². The number of nitroso groups, excluding NO2 is 1. The third kappa shape index (κ3) is 16.7. The van der Waals surface area contributed by atoms with Crippen molar-refractivity contribution in [2.75, 3.05) is 66.8 Å². The van der Waals surface area contributed by atoms with Gasteiger partial charge in [-0.2, -0.15) is 4.91 Å². The molecule has 8 amide bonds. The summed E-state index contributed by atoms with van der Waals surface area (Å²) in [6.45, 7) is 5.26. The lowest BCUT2D eigenvalue weighted by molar-refractivity contribution is -0.144. The van der Waals surface area contributed by atoms with E-state index in [1.807, 2.05) is 26.0 Å². The Bertz CT molecular complexity index is 2480. The standard InChI is InChI=1S/C60H89N11O12/c1-5-45(61-3)53(73)68-51-41(33-65-81)21-23-43-25-27-47(70(43)59(51)79)55(75)66-49(39-13-9-7-10-14-39)57(77)63-29-31-82-35-37-17-19-38(20-18-37)36-83-32-30-64-58(78)50(40-15-11-8-12-16-40)67-56(76)48-28-26-44-24-22-42(34-72)52(60(80)71(44)48)69-54(74)46(6-2)62-4/h7-16,37-38,41-52,61-62,72H,5-6,17-36H2,1-4H3,(H,63,77)(H,64,78)(H,66,75)(H,67,76)(H,68,73)(H,69,74). The number of nitrogens with zero attached hydrogens (tertiary/aromatic N) is 3. The number of carbonyl (C=O) groups is 8. The quantitative estimate of drug-likeness (QED) is 0.0416. The van der Waals surface area contributed by atoms with Gasteiger partial charge in [0, 0.05) is 56.8 Å². The maximum atomic E-state index is 14.3. The molecule has 1 saturated carbocycles. The van der Waals surface area contributed by atoms with Crippen molar-refractivity contribution >= 4 is 47.3 Å². The van der Waals surface area contributed by atoms with Crippen molar-refractivity contribution in [1.82, 2.24) is 52.3 Å². The summed E-state index contributed by atoms with van der Waals surface area (Å²) in [5.41, 5.74) is 1.15. The van der Waals surface area contributed by atoms with E-state index in [4.69, 9.17) is 9.47 Å². The Hall–Kier alpha value is -6.40. The summed E-state index contributed by atoms with van der Waals surface area (Å²) in [7, 11) is 3.33. The van der Waals surface area contributed by atoms with Crippen LogP contribution in [0.4, 0.5) is 0 Å². The van der Waals surface area contributed by atoms with Gasteiger partial charge in [0.05, 0.1) is 31.8 Å². The molecule has 0 bridgehead atoms. The number of hydrogen-bond donors (Lipinski definition) is 9. The number of likely N-dealkylation sites (N-methyl/N-ethyl adjacent to an activating group) is 2. The van der Waals surface area contributed by atoms with Gasteiger partial charge < -0.3 is 66.9 Å². The van der Waals surface area contributed by atoms with Crippen LogP contribution in [-0.4, -0.2) is 177 Å². The Morgan fingerprint density at radius 3 is 1.35 bits per heavy atom. The molecule has 5 fully saturated rings. The van der Waals surface area contributed by atoms with Gasteiger partial charge in [0.25, 0.3) is 0 Å². The van der Waals surface area contributed by atoms with Crippen LogP contribution in [0, 0.1) is 28.6 Å². The highest BCUT2D eigenvalue weighted by molar-refractivity contribution is 5.97. The van der Waals surface area contributed by atoms with Gasteiger partial charge >= 0.3 is 0 Å². The Morgan fingerprint density at radius 2 is 0.964 bits per heavy atom. The number of nitrogens with one attached hydrogen (secondary N) is 8. The summed E-state index contributed by atoms with van der Waals surface area (Å²) in [4.78, 5) is 125. The van der Waals surface area contributed by atoms with Crippen molar-refractivity contribution in [3.05, 3.63) is 76.7 Å². The molecule has 4 aliphatic heterocycles. The van der Waals surface area contributed by atoms with E-state index >= 15 is 0 Å². The minimum absolute atomic E-state index is 0.147. The third-order valence-corrected chi connectivity index (χ3v) is 17.7. The average molecular weight is 1160 g/mol. The largest absolute Gasteiger partial charge is 0.396 e. The van der Waals surface area contributed by atoms with E-state index in [0.717, 1.165) is 25.7 Å².